The third-order valence-electron chi connectivity index (χ3n) is 3.81. The van der Waals surface area contributed by atoms with Gasteiger partial charge in [0.05, 0.1) is 5.69 Å². The summed E-state index contributed by atoms with van der Waals surface area (Å²) in [5.74, 6) is -0.0122. The number of aryl methyl sites for hydroxylation is 1. The van der Waals surface area contributed by atoms with E-state index >= 15 is 0 Å². The number of sulfonamides is 1. The number of rotatable bonds is 5. The fraction of sp³-hybridized carbons (Fsp3) is 0.250. The molecule has 2 heterocycles. The number of nitrogens with zero attached hydrogens (tertiary/aromatic N) is 2. The topological polar surface area (TPSA) is 80.5 Å². The van der Waals surface area contributed by atoms with Gasteiger partial charge in [-0.15, -0.1) is 11.3 Å². The smallest absolute Gasteiger partial charge is 0.267 e. The Bertz CT molecular complexity index is 1020. The summed E-state index contributed by atoms with van der Waals surface area (Å²) in [5, 5.41) is 1.70. The minimum Gasteiger partial charge on any atom is -0.267 e. The van der Waals surface area contributed by atoms with Crippen LogP contribution in [0, 0.1) is 6.92 Å². The second-order valence-electron chi connectivity index (χ2n) is 5.55. The highest BCUT2D eigenvalue weighted by molar-refractivity contribution is 7.89. The molecule has 1 atom stereocenters. The van der Waals surface area contributed by atoms with Gasteiger partial charge < -0.3 is 0 Å². The van der Waals surface area contributed by atoms with Gasteiger partial charge in [-0.25, -0.2) is 18.1 Å². The van der Waals surface area contributed by atoms with Gasteiger partial charge in [0, 0.05) is 18.1 Å². The molecule has 1 N–H and O–H groups in total. The van der Waals surface area contributed by atoms with Crippen LogP contribution in [0.15, 0.2) is 51.6 Å². The molecule has 2 aromatic heterocycles. The maximum Gasteiger partial charge on any atom is 0.279 e. The molecule has 0 bridgehead atoms. The molecule has 3 aromatic rings. The van der Waals surface area contributed by atoms with Crippen LogP contribution in [0.25, 0.3) is 4.96 Å². The monoisotopic (exact) mass is 363 g/mol. The van der Waals surface area contributed by atoms with Crippen LogP contribution in [0.3, 0.4) is 0 Å². The molecule has 6 nitrogen and oxygen atoms in total. The van der Waals surface area contributed by atoms with Crippen molar-refractivity contribution in [2.24, 2.45) is 0 Å². The largest absolute Gasteiger partial charge is 0.279 e. The van der Waals surface area contributed by atoms with Gasteiger partial charge in [0.25, 0.3) is 5.56 Å². The summed E-state index contributed by atoms with van der Waals surface area (Å²) < 4.78 is 29.0. The predicted octanol–water partition coefficient (Wildman–Crippen LogP) is 2.15. The summed E-state index contributed by atoms with van der Waals surface area (Å²) in [6.07, 6.45) is 1.53. The van der Waals surface area contributed by atoms with Gasteiger partial charge in [-0.2, -0.15) is 0 Å². The highest BCUT2D eigenvalue weighted by atomic mass is 32.2. The van der Waals surface area contributed by atoms with Gasteiger partial charge in [-0.3, -0.25) is 9.20 Å². The molecule has 1 unspecified atom stereocenters. The Labute approximate surface area is 143 Å². The zero-order valence-corrected chi connectivity index (χ0v) is 14.9. The van der Waals surface area contributed by atoms with Crippen LogP contribution in [0.2, 0.25) is 0 Å². The summed E-state index contributed by atoms with van der Waals surface area (Å²) >= 11 is 1.29. The normalized spacial score (nSPS) is 13.2. The first-order chi connectivity index (χ1) is 11.4. The van der Waals surface area contributed by atoms with Crippen LogP contribution in [0.4, 0.5) is 0 Å². The lowest BCUT2D eigenvalue weighted by Crippen LogP contribution is -2.34. The van der Waals surface area contributed by atoms with Crippen LogP contribution in [-0.2, 0) is 10.0 Å². The number of hydrogen-bond donors (Lipinski definition) is 1. The highest BCUT2D eigenvalue weighted by Crippen LogP contribution is 2.16. The lowest BCUT2D eigenvalue weighted by atomic mass is 10.0. The third-order valence-corrected chi connectivity index (χ3v) is 6.12. The Morgan fingerprint density at radius 2 is 2.00 bits per heavy atom. The number of nitrogens with one attached hydrogen (secondary N) is 1. The molecule has 8 heteroatoms. The van der Waals surface area contributed by atoms with Crippen molar-refractivity contribution in [1.29, 1.82) is 0 Å². The number of benzene rings is 1. The molecule has 0 radical (unpaired) electrons. The summed E-state index contributed by atoms with van der Waals surface area (Å²) in [6.45, 7) is 3.67. The van der Waals surface area contributed by atoms with E-state index in [1.807, 2.05) is 37.3 Å². The van der Waals surface area contributed by atoms with E-state index in [4.69, 9.17) is 0 Å². The molecule has 0 saturated heterocycles. The minimum absolute atomic E-state index is 0.0122. The van der Waals surface area contributed by atoms with E-state index < -0.39 is 15.6 Å². The molecule has 0 aliphatic carbocycles. The Morgan fingerprint density at radius 1 is 1.29 bits per heavy atom. The van der Waals surface area contributed by atoms with Gasteiger partial charge in [-0.05, 0) is 18.4 Å². The Balaban J connectivity index is 1.90. The number of fused-ring (bicyclic) bond motifs is 1. The van der Waals surface area contributed by atoms with Crippen molar-refractivity contribution in [3.05, 3.63) is 63.5 Å². The van der Waals surface area contributed by atoms with E-state index in [1.165, 1.54) is 28.9 Å². The van der Waals surface area contributed by atoms with Gasteiger partial charge >= 0.3 is 0 Å². The summed E-state index contributed by atoms with van der Waals surface area (Å²) in [7, 11) is -3.94. The van der Waals surface area contributed by atoms with Crippen molar-refractivity contribution in [2.75, 3.05) is 6.54 Å². The van der Waals surface area contributed by atoms with E-state index in [0.717, 1.165) is 5.56 Å². The first-order valence-corrected chi connectivity index (χ1v) is 9.77. The fourth-order valence-corrected chi connectivity index (χ4v) is 4.61. The highest BCUT2D eigenvalue weighted by Gasteiger charge is 2.24. The van der Waals surface area contributed by atoms with Crippen LogP contribution in [0.1, 0.15) is 24.1 Å². The Hall–Kier alpha value is -2.03. The minimum atomic E-state index is -3.94. The molecule has 0 aliphatic rings. The molecular weight excluding hydrogens is 346 g/mol. The maximum absolute atomic E-state index is 12.6. The molecule has 0 aliphatic heterocycles. The van der Waals surface area contributed by atoms with Crippen molar-refractivity contribution in [3.8, 4) is 0 Å². The van der Waals surface area contributed by atoms with Crippen molar-refractivity contribution in [3.63, 3.8) is 0 Å². The zero-order valence-electron chi connectivity index (χ0n) is 13.3. The van der Waals surface area contributed by atoms with E-state index in [2.05, 4.69) is 9.71 Å². The van der Waals surface area contributed by atoms with Gasteiger partial charge in [0.15, 0.2) is 9.86 Å². The van der Waals surface area contributed by atoms with Gasteiger partial charge in [-0.1, -0.05) is 37.3 Å². The molecule has 1 aromatic carbocycles. The molecular formula is C16H17N3O3S2. The van der Waals surface area contributed by atoms with Gasteiger partial charge in [0.2, 0.25) is 10.0 Å². The quantitative estimate of drug-likeness (QED) is 0.753. The molecule has 126 valence electrons. The average Bonchev–Trinajstić information content (AvgIpc) is 3.02. The first kappa shape index (κ1) is 16.8. The van der Waals surface area contributed by atoms with E-state index in [-0.39, 0.29) is 23.1 Å². The van der Waals surface area contributed by atoms with Crippen LogP contribution in [0.5, 0.6) is 0 Å². The molecule has 3 rings (SSSR count). The van der Waals surface area contributed by atoms with E-state index in [9.17, 15) is 13.2 Å². The molecule has 24 heavy (non-hydrogen) atoms. The SMILES string of the molecule is Cc1nc2sccn2c(=O)c1S(=O)(=O)NCC(C)c1ccccc1. The number of aromatic nitrogens is 2. The molecule has 0 spiro atoms. The van der Waals surface area contributed by atoms with Gasteiger partial charge in [0.1, 0.15) is 0 Å². The number of hydrogen-bond acceptors (Lipinski definition) is 5. The standard InChI is InChI=1S/C16H17N3O3S2/c1-11(13-6-4-3-5-7-13)10-17-24(21,22)14-12(2)18-16-19(15(14)20)8-9-23-16/h3-9,11,17H,10H2,1-2H3. The fourth-order valence-electron chi connectivity index (χ4n) is 2.48. The second-order valence-corrected chi connectivity index (χ2v) is 8.13. The Kier molecular flexibility index (Phi) is 4.53. The average molecular weight is 363 g/mol. The summed E-state index contributed by atoms with van der Waals surface area (Å²) in [6, 6.07) is 9.61. The lowest BCUT2D eigenvalue weighted by Gasteiger charge is -2.14. The first-order valence-electron chi connectivity index (χ1n) is 7.41. The predicted molar refractivity (Wildman–Crippen MR) is 94.1 cm³/mol. The van der Waals surface area contributed by atoms with Crippen molar-refractivity contribution >= 4 is 26.3 Å². The van der Waals surface area contributed by atoms with E-state index in [1.54, 1.807) is 5.38 Å². The van der Waals surface area contributed by atoms with Crippen molar-refractivity contribution in [1.82, 2.24) is 14.1 Å². The van der Waals surface area contributed by atoms with Crippen LogP contribution in [-0.4, -0.2) is 24.3 Å². The lowest BCUT2D eigenvalue weighted by molar-refractivity contribution is 0.572. The summed E-state index contributed by atoms with van der Waals surface area (Å²) in [4.78, 5) is 16.9. The Morgan fingerprint density at radius 3 is 2.71 bits per heavy atom. The molecule has 0 amide bonds. The zero-order chi connectivity index (χ0) is 17.3. The van der Waals surface area contributed by atoms with Crippen molar-refractivity contribution in [2.45, 2.75) is 24.7 Å². The molecule has 0 fully saturated rings. The molecule has 0 saturated carbocycles. The second kappa shape index (κ2) is 6.46. The summed E-state index contributed by atoms with van der Waals surface area (Å²) in [5.41, 5.74) is 0.668. The van der Waals surface area contributed by atoms with Crippen LogP contribution < -0.4 is 10.3 Å². The van der Waals surface area contributed by atoms with Crippen molar-refractivity contribution < 1.29 is 8.42 Å². The number of thiazole rings is 1. The van der Waals surface area contributed by atoms with E-state index in [0.29, 0.717) is 4.96 Å². The third kappa shape index (κ3) is 3.12. The maximum atomic E-state index is 12.6. The van der Waals surface area contributed by atoms with Crippen LogP contribution >= 0.6 is 11.3 Å².